The Morgan fingerprint density at radius 1 is 1.12 bits per heavy atom. The molecule has 0 fully saturated rings. The summed E-state index contributed by atoms with van der Waals surface area (Å²) in [6.45, 7) is 4.98. The summed E-state index contributed by atoms with van der Waals surface area (Å²) in [5.74, 6) is 0. The Hall–Kier alpha value is -1.61. The maximum absolute atomic E-state index is 3.99. The van der Waals surface area contributed by atoms with E-state index in [0.717, 1.165) is 19.6 Å². The largest absolute Gasteiger partial charge is 0.354 e. The number of hydrogen-bond acceptors (Lipinski definition) is 2. The molecule has 0 unspecified atom stereocenters. The van der Waals surface area contributed by atoms with E-state index in [-0.39, 0.29) is 0 Å². The Balaban J connectivity index is 1.80. The first-order valence-corrected chi connectivity index (χ1v) is 5.63. The van der Waals surface area contributed by atoms with Gasteiger partial charge in [-0.15, -0.1) is 0 Å². The lowest BCUT2D eigenvalue weighted by molar-refractivity contribution is 0.687. The molecule has 0 bridgehead atoms. The highest BCUT2D eigenvalue weighted by molar-refractivity contribution is 5.12. The number of hydrogen-bond donors (Lipinski definition) is 1. The van der Waals surface area contributed by atoms with Crippen LogP contribution in [0.2, 0.25) is 0 Å². The van der Waals surface area contributed by atoms with Crippen LogP contribution in [0.3, 0.4) is 0 Å². The van der Waals surface area contributed by atoms with Gasteiger partial charge in [-0.3, -0.25) is 4.98 Å². The van der Waals surface area contributed by atoms with E-state index in [1.165, 1.54) is 11.1 Å². The van der Waals surface area contributed by atoms with Crippen molar-refractivity contribution in [3.05, 3.63) is 54.1 Å². The zero-order valence-corrected chi connectivity index (χ0v) is 9.56. The van der Waals surface area contributed by atoms with Crippen LogP contribution in [0, 0.1) is 0 Å². The number of pyridine rings is 1. The summed E-state index contributed by atoms with van der Waals surface area (Å²) in [6, 6.07) is 6.22. The summed E-state index contributed by atoms with van der Waals surface area (Å²) >= 11 is 0. The fraction of sp³-hybridized carbons (Fsp3) is 0.308. The monoisotopic (exact) mass is 215 g/mol. The summed E-state index contributed by atoms with van der Waals surface area (Å²) in [4.78, 5) is 3.99. The molecule has 0 aliphatic heterocycles. The maximum atomic E-state index is 3.99. The van der Waals surface area contributed by atoms with Gasteiger partial charge in [-0.05, 0) is 36.2 Å². The molecule has 3 nitrogen and oxygen atoms in total. The lowest BCUT2D eigenvalue weighted by Gasteiger charge is -2.02. The van der Waals surface area contributed by atoms with Crippen LogP contribution in [0.1, 0.15) is 18.1 Å². The molecule has 84 valence electrons. The number of nitrogens with one attached hydrogen (secondary N) is 1. The van der Waals surface area contributed by atoms with Gasteiger partial charge < -0.3 is 9.88 Å². The summed E-state index contributed by atoms with van der Waals surface area (Å²) in [5, 5.41) is 3.41. The lowest BCUT2D eigenvalue weighted by atomic mass is 10.2. The van der Waals surface area contributed by atoms with Crippen molar-refractivity contribution >= 4 is 0 Å². The topological polar surface area (TPSA) is 29.9 Å². The molecule has 2 aromatic heterocycles. The van der Waals surface area contributed by atoms with Gasteiger partial charge >= 0.3 is 0 Å². The minimum Gasteiger partial charge on any atom is -0.354 e. The first-order chi connectivity index (χ1) is 7.88. The van der Waals surface area contributed by atoms with Crippen LogP contribution in [-0.2, 0) is 19.6 Å². The first kappa shape index (κ1) is 10.9. The number of nitrogens with zero attached hydrogens (tertiary/aromatic N) is 2. The van der Waals surface area contributed by atoms with Crippen LogP contribution in [-0.4, -0.2) is 9.55 Å². The molecule has 16 heavy (non-hydrogen) atoms. The molecule has 2 rings (SSSR count). The second kappa shape index (κ2) is 5.47. The van der Waals surface area contributed by atoms with Crippen molar-refractivity contribution in [1.82, 2.24) is 14.9 Å². The number of aromatic nitrogens is 2. The highest BCUT2D eigenvalue weighted by Crippen LogP contribution is 2.02. The normalized spacial score (nSPS) is 10.6. The van der Waals surface area contributed by atoms with Crippen LogP contribution >= 0.6 is 0 Å². The fourth-order valence-corrected chi connectivity index (χ4v) is 1.64. The van der Waals surface area contributed by atoms with E-state index in [9.17, 15) is 0 Å². The molecule has 2 heterocycles. The molecule has 1 N–H and O–H groups in total. The summed E-state index contributed by atoms with van der Waals surface area (Å²) in [6.07, 6.45) is 7.94. The molecular formula is C13H17N3. The van der Waals surface area contributed by atoms with E-state index in [1.54, 1.807) is 0 Å². The van der Waals surface area contributed by atoms with Crippen LogP contribution in [0.4, 0.5) is 0 Å². The maximum Gasteiger partial charge on any atom is 0.0271 e. The predicted octanol–water partition coefficient (Wildman–Crippen LogP) is 2.19. The van der Waals surface area contributed by atoms with E-state index >= 15 is 0 Å². The highest BCUT2D eigenvalue weighted by Gasteiger charge is 1.95. The van der Waals surface area contributed by atoms with Gasteiger partial charge in [0.05, 0.1) is 0 Å². The van der Waals surface area contributed by atoms with Crippen molar-refractivity contribution in [3.63, 3.8) is 0 Å². The molecule has 0 aliphatic carbocycles. The molecule has 2 aromatic rings. The van der Waals surface area contributed by atoms with E-state index in [2.05, 4.69) is 40.3 Å². The molecule has 0 spiro atoms. The molecule has 0 saturated heterocycles. The molecule has 0 aromatic carbocycles. The summed E-state index contributed by atoms with van der Waals surface area (Å²) in [5.41, 5.74) is 2.60. The standard InChI is InChI=1S/C13H17N3/c1-2-16-8-5-13(11-16)10-15-9-12-3-6-14-7-4-12/h3-8,11,15H,2,9-10H2,1H3. The van der Waals surface area contributed by atoms with Crippen molar-refractivity contribution in [2.24, 2.45) is 0 Å². The van der Waals surface area contributed by atoms with Gasteiger partial charge in [-0.1, -0.05) is 0 Å². The van der Waals surface area contributed by atoms with Crippen LogP contribution in [0.5, 0.6) is 0 Å². The Morgan fingerprint density at radius 2 is 1.88 bits per heavy atom. The molecule has 0 amide bonds. The van der Waals surface area contributed by atoms with Gasteiger partial charge in [0.1, 0.15) is 0 Å². The molecule has 0 aliphatic rings. The number of rotatable bonds is 5. The van der Waals surface area contributed by atoms with Crippen LogP contribution in [0.15, 0.2) is 43.0 Å². The SMILES string of the molecule is CCn1ccc(CNCc2ccncc2)c1. The smallest absolute Gasteiger partial charge is 0.0271 e. The second-order valence-corrected chi connectivity index (χ2v) is 3.81. The van der Waals surface area contributed by atoms with Gasteiger partial charge in [0.15, 0.2) is 0 Å². The van der Waals surface area contributed by atoms with Crippen LogP contribution < -0.4 is 5.32 Å². The zero-order chi connectivity index (χ0) is 11.2. The molecule has 0 atom stereocenters. The molecule has 0 radical (unpaired) electrons. The minimum atomic E-state index is 0.889. The van der Waals surface area contributed by atoms with Crippen molar-refractivity contribution < 1.29 is 0 Å². The highest BCUT2D eigenvalue weighted by atomic mass is 14.9. The van der Waals surface area contributed by atoms with Crippen molar-refractivity contribution in [1.29, 1.82) is 0 Å². The van der Waals surface area contributed by atoms with Gasteiger partial charge in [0.25, 0.3) is 0 Å². The van der Waals surface area contributed by atoms with Gasteiger partial charge in [-0.2, -0.15) is 0 Å². The Kier molecular flexibility index (Phi) is 3.72. The number of aryl methyl sites for hydroxylation is 1. The third-order valence-corrected chi connectivity index (χ3v) is 2.58. The quantitative estimate of drug-likeness (QED) is 0.828. The molecular weight excluding hydrogens is 198 g/mol. The van der Waals surface area contributed by atoms with Crippen molar-refractivity contribution in [3.8, 4) is 0 Å². The Bertz CT molecular complexity index is 420. The second-order valence-electron chi connectivity index (χ2n) is 3.81. The third kappa shape index (κ3) is 2.94. The average molecular weight is 215 g/mol. The van der Waals surface area contributed by atoms with Crippen LogP contribution in [0.25, 0.3) is 0 Å². The summed E-state index contributed by atoms with van der Waals surface area (Å²) < 4.78 is 2.18. The molecule has 3 heteroatoms. The van der Waals surface area contributed by atoms with Gasteiger partial charge in [0.2, 0.25) is 0 Å². The zero-order valence-electron chi connectivity index (χ0n) is 9.56. The van der Waals surface area contributed by atoms with E-state index in [0.29, 0.717) is 0 Å². The minimum absolute atomic E-state index is 0.889. The molecule has 0 saturated carbocycles. The van der Waals surface area contributed by atoms with E-state index < -0.39 is 0 Å². The summed E-state index contributed by atoms with van der Waals surface area (Å²) in [7, 11) is 0. The van der Waals surface area contributed by atoms with Crippen molar-refractivity contribution in [2.45, 2.75) is 26.6 Å². The van der Waals surface area contributed by atoms with E-state index in [1.807, 2.05) is 24.5 Å². The predicted molar refractivity (Wildman–Crippen MR) is 64.9 cm³/mol. The van der Waals surface area contributed by atoms with Crippen molar-refractivity contribution in [2.75, 3.05) is 0 Å². The van der Waals surface area contributed by atoms with Gasteiger partial charge in [-0.25, -0.2) is 0 Å². The first-order valence-electron chi connectivity index (χ1n) is 5.63. The fourth-order valence-electron chi connectivity index (χ4n) is 1.64. The lowest BCUT2D eigenvalue weighted by Crippen LogP contribution is -2.12. The van der Waals surface area contributed by atoms with E-state index in [4.69, 9.17) is 0 Å². The Labute approximate surface area is 96.1 Å². The Morgan fingerprint density at radius 3 is 2.56 bits per heavy atom. The van der Waals surface area contributed by atoms with Gasteiger partial charge in [0, 0.05) is 44.4 Å². The third-order valence-electron chi connectivity index (χ3n) is 2.58. The average Bonchev–Trinajstić information content (AvgIpc) is 2.78.